The Morgan fingerprint density at radius 2 is 1.70 bits per heavy atom. The first kappa shape index (κ1) is 20.9. The van der Waals surface area contributed by atoms with Crippen LogP contribution in [0.2, 0.25) is 0 Å². The van der Waals surface area contributed by atoms with Gasteiger partial charge in [0.25, 0.3) is 5.91 Å². The first-order valence-electron chi connectivity index (χ1n) is 11.0. The van der Waals surface area contributed by atoms with Gasteiger partial charge >= 0.3 is 0 Å². The molecule has 2 aromatic heterocycles. The molecule has 8 heteroatoms. The van der Waals surface area contributed by atoms with Gasteiger partial charge in [-0.3, -0.25) is 4.79 Å². The van der Waals surface area contributed by atoms with Crippen molar-refractivity contribution in [2.45, 2.75) is 20.5 Å². The molecule has 1 fully saturated rings. The normalized spacial score (nSPS) is 14.0. The zero-order valence-electron chi connectivity index (χ0n) is 18.7. The van der Waals surface area contributed by atoms with Crippen LogP contribution < -0.4 is 9.64 Å². The average molecular weight is 444 g/mol. The number of aromatic nitrogens is 3. The number of hydrogen-bond donors (Lipinski definition) is 0. The summed E-state index contributed by atoms with van der Waals surface area (Å²) in [6, 6.07) is 13.6. The Morgan fingerprint density at radius 3 is 2.36 bits per heavy atom. The fourth-order valence-corrected chi connectivity index (χ4v) is 4.10. The van der Waals surface area contributed by atoms with Crippen molar-refractivity contribution in [1.82, 2.24) is 20.0 Å². The summed E-state index contributed by atoms with van der Waals surface area (Å²) in [7, 11) is 0. The van der Waals surface area contributed by atoms with Crippen LogP contribution in [0, 0.1) is 13.8 Å². The molecule has 1 amide bonds. The highest BCUT2D eigenvalue weighted by atomic mass is 16.5. The molecule has 0 radical (unpaired) electrons. The molecule has 0 spiro atoms. The number of ether oxygens (including phenoxy) is 1. The molecule has 0 aliphatic carbocycles. The summed E-state index contributed by atoms with van der Waals surface area (Å²) in [5.41, 5.74) is 2.25. The summed E-state index contributed by atoms with van der Waals surface area (Å²) >= 11 is 0. The van der Waals surface area contributed by atoms with E-state index in [1.165, 1.54) is 0 Å². The lowest BCUT2D eigenvalue weighted by Gasteiger charge is -2.35. The van der Waals surface area contributed by atoms with Gasteiger partial charge in [-0.15, -0.1) is 0 Å². The van der Waals surface area contributed by atoms with E-state index in [-0.39, 0.29) is 5.91 Å². The van der Waals surface area contributed by atoms with Crippen LogP contribution in [0.15, 0.2) is 59.4 Å². The first-order valence-corrected chi connectivity index (χ1v) is 11.0. The number of anilines is 1. The highest BCUT2D eigenvalue weighted by Crippen LogP contribution is 2.29. The van der Waals surface area contributed by atoms with Crippen molar-refractivity contribution in [1.29, 1.82) is 0 Å². The van der Waals surface area contributed by atoms with Crippen LogP contribution in [0.4, 0.5) is 5.95 Å². The van der Waals surface area contributed by atoms with Gasteiger partial charge in [-0.2, -0.15) is 0 Å². The number of amides is 1. The largest absolute Gasteiger partial charge is 0.488 e. The van der Waals surface area contributed by atoms with E-state index in [9.17, 15) is 4.79 Å². The van der Waals surface area contributed by atoms with Gasteiger partial charge in [-0.1, -0.05) is 29.4 Å². The van der Waals surface area contributed by atoms with E-state index < -0.39 is 0 Å². The average Bonchev–Trinajstić information content (AvgIpc) is 3.19. The van der Waals surface area contributed by atoms with Crippen molar-refractivity contribution < 1.29 is 14.1 Å². The topological polar surface area (TPSA) is 84.6 Å². The molecule has 0 N–H and O–H groups in total. The predicted octanol–water partition coefficient (Wildman–Crippen LogP) is 3.78. The SMILES string of the molecule is Cc1noc(C)c1COc1cc2ccccc2cc1C(=O)N1CCN(c2ncccn2)CC1. The molecule has 0 atom stereocenters. The van der Waals surface area contributed by atoms with Crippen LogP contribution in [-0.2, 0) is 6.61 Å². The minimum absolute atomic E-state index is 0.0388. The summed E-state index contributed by atoms with van der Waals surface area (Å²) in [5, 5.41) is 6.02. The van der Waals surface area contributed by atoms with Crippen LogP contribution in [0.5, 0.6) is 5.75 Å². The molecule has 8 nitrogen and oxygen atoms in total. The second kappa shape index (κ2) is 8.90. The third-order valence-corrected chi connectivity index (χ3v) is 6.03. The van der Waals surface area contributed by atoms with Crippen molar-refractivity contribution >= 4 is 22.6 Å². The van der Waals surface area contributed by atoms with Gasteiger partial charge in [0.2, 0.25) is 5.95 Å². The molecule has 3 heterocycles. The number of hydrogen-bond acceptors (Lipinski definition) is 7. The van der Waals surface area contributed by atoms with Crippen molar-refractivity contribution in [3.63, 3.8) is 0 Å². The Morgan fingerprint density at radius 1 is 1.00 bits per heavy atom. The van der Waals surface area contributed by atoms with E-state index in [0.29, 0.717) is 50.0 Å². The molecule has 1 aliphatic rings. The minimum Gasteiger partial charge on any atom is -0.488 e. The van der Waals surface area contributed by atoms with Gasteiger partial charge in [0.15, 0.2) is 0 Å². The maximum atomic E-state index is 13.6. The Labute approximate surface area is 191 Å². The van der Waals surface area contributed by atoms with E-state index in [2.05, 4.69) is 20.0 Å². The molecule has 168 valence electrons. The van der Waals surface area contributed by atoms with Crippen LogP contribution in [-0.4, -0.2) is 52.1 Å². The second-order valence-corrected chi connectivity index (χ2v) is 8.11. The number of rotatable bonds is 5. The molecule has 4 aromatic rings. The van der Waals surface area contributed by atoms with Crippen LogP contribution in [0.1, 0.15) is 27.4 Å². The number of aryl methyl sites for hydroxylation is 2. The zero-order valence-corrected chi connectivity index (χ0v) is 18.7. The lowest BCUT2D eigenvalue weighted by molar-refractivity contribution is 0.0741. The molecule has 2 aromatic carbocycles. The van der Waals surface area contributed by atoms with E-state index in [1.807, 2.05) is 55.1 Å². The van der Waals surface area contributed by atoms with E-state index >= 15 is 0 Å². The highest BCUT2D eigenvalue weighted by Gasteiger charge is 2.26. The fraction of sp³-hybridized carbons (Fsp3) is 0.280. The number of nitrogens with zero attached hydrogens (tertiary/aromatic N) is 5. The summed E-state index contributed by atoms with van der Waals surface area (Å²) in [5.74, 6) is 1.94. The number of carbonyl (C=O) groups is 1. The van der Waals surface area contributed by atoms with Gasteiger partial charge in [-0.25, -0.2) is 9.97 Å². The van der Waals surface area contributed by atoms with Crippen LogP contribution in [0.25, 0.3) is 10.8 Å². The molecule has 0 unspecified atom stereocenters. The van der Waals surface area contributed by atoms with E-state index in [1.54, 1.807) is 18.5 Å². The summed E-state index contributed by atoms with van der Waals surface area (Å²) in [6.45, 7) is 6.58. The predicted molar refractivity (Wildman–Crippen MR) is 124 cm³/mol. The van der Waals surface area contributed by atoms with E-state index in [0.717, 1.165) is 27.8 Å². The molecule has 0 bridgehead atoms. The summed E-state index contributed by atoms with van der Waals surface area (Å²) in [6.07, 6.45) is 3.47. The summed E-state index contributed by atoms with van der Waals surface area (Å²) in [4.78, 5) is 26.2. The monoisotopic (exact) mass is 443 g/mol. The van der Waals surface area contributed by atoms with Crippen LogP contribution in [0.3, 0.4) is 0 Å². The second-order valence-electron chi connectivity index (χ2n) is 8.11. The molecule has 0 saturated carbocycles. The molecular weight excluding hydrogens is 418 g/mol. The number of carbonyl (C=O) groups excluding carboxylic acids is 1. The van der Waals surface area contributed by atoms with E-state index in [4.69, 9.17) is 9.26 Å². The zero-order chi connectivity index (χ0) is 22.8. The highest BCUT2D eigenvalue weighted by molar-refractivity contribution is 6.01. The van der Waals surface area contributed by atoms with Crippen molar-refractivity contribution in [3.05, 3.63) is 77.4 Å². The molecule has 33 heavy (non-hydrogen) atoms. The molecular formula is C25H25N5O3. The molecule has 1 aliphatic heterocycles. The Balaban J connectivity index is 1.39. The first-order chi connectivity index (χ1) is 16.1. The quantitative estimate of drug-likeness (QED) is 0.464. The maximum absolute atomic E-state index is 13.6. The van der Waals surface area contributed by atoms with Gasteiger partial charge in [-0.05, 0) is 42.8 Å². The minimum atomic E-state index is -0.0388. The Bertz CT molecular complexity index is 1260. The summed E-state index contributed by atoms with van der Waals surface area (Å²) < 4.78 is 11.4. The van der Waals surface area contributed by atoms with Gasteiger partial charge < -0.3 is 19.1 Å². The Hall–Kier alpha value is -3.94. The fourth-order valence-electron chi connectivity index (χ4n) is 4.10. The third-order valence-electron chi connectivity index (χ3n) is 6.03. The van der Waals surface area contributed by atoms with Gasteiger partial charge in [0, 0.05) is 38.6 Å². The van der Waals surface area contributed by atoms with Gasteiger partial charge in [0.1, 0.15) is 18.1 Å². The smallest absolute Gasteiger partial charge is 0.257 e. The number of fused-ring (bicyclic) bond motifs is 1. The van der Waals surface area contributed by atoms with Crippen molar-refractivity contribution in [3.8, 4) is 5.75 Å². The molecule has 1 saturated heterocycles. The third kappa shape index (κ3) is 4.24. The van der Waals surface area contributed by atoms with Crippen molar-refractivity contribution in [2.24, 2.45) is 0 Å². The lowest BCUT2D eigenvalue weighted by Crippen LogP contribution is -2.49. The van der Waals surface area contributed by atoms with Crippen molar-refractivity contribution in [2.75, 3.05) is 31.1 Å². The number of piperazine rings is 1. The standard InChI is InChI=1S/C25H25N5O3/c1-17-22(18(2)33-28-17)16-32-23-15-20-7-4-3-6-19(20)14-21(23)24(31)29-10-12-30(13-11-29)25-26-8-5-9-27-25/h3-9,14-15H,10-13,16H2,1-2H3. The van der Waals surface area contributed by atoms with Crippen LogP contribution >= 0.6 is 0 Å². The molecule has 5 rings (SSSR count). The lowest BCUT2D eigenvalue weighted by atomic mass is 10.0. The maximum Gasteiger partial charge on any atom is 0.257 e. The van der Waals surface area contributed by atoms with Gasteiger partial charge in [0.05, 0.1) is 16.8 Å². The number of benzene rings is 2. The Kier molecular flexibility index (Phi) is 5.64.